The Morgan fingerprint density at radius 3 is 1.12 bits per heavy atom. The fraction of sp³-hybridized carbons (Fsp3) is 0.672. The highest BCUT2D eigenvalue weighted by molar-refractivity contribution is 5.70. The first-order chi connectivity index (χ1) is 32.6. The topological polar surface area (TPSA) is 61.8 Å². The molecule has 0 radical (unpaired) electrons. The van der Waals surface area contributed by atoms with Crippen molar-refractivity contribution in [2.45, 2.75) is 245 Å². The maximum Gasteiger partial charge on any atom is 0.306 e. The van der Waals surface area contributed by atoms with Gasteiger partial charge >= 0.3 is 11.9 Å². The third-order valence-corrected chi connectivity index (χ3v) is 11.3. The third-order valence-electron chi connectivity index (χ3n) is 11.3. The van der Waals surface area contributed by atoms with E-state index in [-0.39, 0.29) is 25.2 Å². The summed E-state index contributed by atoms with van der Waals surface area (Å²) < 4.78 is 17.3. The second-order valence-electron chi connectivity index (χ2n) is 17.8. The van der Waals surface area contributed by atoms with Gasteiger partial charge in [0, 0.05) is 19.4 Å². The first-order valence-electron chi connectivity index (χ1n) is 27.4. The van der Waals surface area contributed by atoms with Crippen LogP contribution in [0.25, 0.3) is 0 Å². The average molecular weight is 915 g/mol. The molecule has 0 aromatic rings. The van der Waals surface area contributed by atoms with E-state index in [1.54, 1.807) is 0 Å². The molecule has 0 saturated carbocycles. The van der Waals surface area contributed by atoms with Crippen LogP contribution in [0.4, 0.5) is 0 Å². The number of unbranched alkanes of at least 4 members (excludes halogenated alkanes) is 20. The van der Waals surface area contributed by atoms with Gasteiger partial charge in [-0.05, 0) is 103 Å². The highest BCUT2D eigenvalue weighted by Gasteiger charge is 2.17. The summed E-state index contributed by atoms with van der Waals surface area (Å²) in [6, 6.07) is 0. The first kappa shape index (κ1) is 62.6. The van der Waals surface area contributed by atoms with Gasteiger partial charge in [-0.15, -0.1) is 0 Å². The van der Waals surface area contributed by atoms with E-state index in [4.69, 9.17) is 14.2 Å². The fourth-order valence-electron chi connectivity index (χ4n) is 7.24. The van der Waals surface area contributed by atoms with Crippen LogP contribution in [0.1, 0.15) is 239 Å². The minimum Gasteiger partial charge on any atom is -0.462 e. The molecule has 0 rings (SSSR count). The normalized spacial score (nSPS) is 13.1. The predicted molar refractivity (Wildman–Crippen MR) is 288 cm³/mol. The molecule has 376 valence electrons. The SMILES string of the molecule is CC/C=C\C/C=C\C/C=C\C/C=C\C/C=C\C/C=C\CCCOCC(COC(=O)CCCCCCCC/C=C\C/C=C\C/C=C\CCCCC)OC(=O)CCCCCCCCCCCCC. The van der Waals surface area contributed by atoms with Crippen molar-refractivity contribution >= 4 is 11.9 Å². The number of carbonyl (C=O) groups excluding carboxylic acids is 2. The Hall–Kier alpha value is -3.44. The van der Waals surface area contributed by atoms with Crippen LogP contribution in [0.3, 0.4) is 0 Å². The molecule has 5 nitrogen and oxygen atoms in total. The Morgan fingerprint density at radius 1 is 0.348 bits per heavy atom. The molecular formula is C61H102O5. The molecule has 1 unspecified atom stereocenters. The number of allylic oxidation sites excluding steroid dienone is 18. The summed E-state index contributed by atoms with van der Waals surface area (Å²) in [5.41, 5.74) is 0. The minimum absolute atomic E-state index is 0.0511. The molecule has 0 aliphatic rings. The van der Waals surface area contributed by atoms with E-state index in [0.29, 0.717) is 19.4 Å². The van der Waals surface area contributed by atoms with Crippen LogP contribution in [-0.2, 0) is 23.8 Å². The highest BCUT2D eigenvalue weighted by atomic mass is 16.6. The molecule has 0 aliphatic heterocycles. The van der Waals surface area contributed by atoms with Crippen LogP contribution in [0.2, 0.25) is 0 Å². The Bertz CT molecular complexity index is 1310. The van der Waals surface area contributed by atoms with Gasteiger partial charge in [-0.3, -0.25) is 9.59 Å². The van der Waals surface area contributed by atoms with Crippen molar-refractivity contribution in [3.8, 4) is 0 Å². The van der Waals surface area contributed by atoms with E-state index in [1.165, 1.54) is 96.3 Å². The van der Waals surface area contributed by atoms with Crippen LogP contribution < -0.4 is 0 Å². The smallest absolute Gasteiger partial charge is 0.306 e. The van der Waals surface area contributed by atoms with Gasteiger partial charge in [-0.1, -0.05) is 233 Å². The van der Waals surface area contributed by atoms with Gasteiger partial charge in [-0.2, -0.15) is 0 Å². The highest BCUT2D eigenvalue weighted by Crippen LogP contribution is 2.14. The van der Waals surface area contributed by atoms with Crippen LogP contribution in [0.5, 0.6) is 0 Å². The molecule has 0 N–H and O–H groups in total. The third kappa shape index (κ3) is 53.2. The zero-order chi connectivity index (χ0) is 47.7. The number of rotatable bonds is 49. The largest absolute Gasteiger partial charge is 0.462 e. The molecule has 0 aromatic heterocycles. The number of hydrogen-bond donors (Lipinski definition) is 0. The number of ether oxygens (including phenoxy) is 3. The molecule has 0 saturated heterocycles. The van der Waals surface area contributed by atoms with Crippen LogP contribution in [-0.4, -0.2) is 37.9 Å². The minimum atomic E-state index is -0.577. The Morgan fingerprint density at radius 2 is 0.682 bits per heavy atom. The van der Waals surface area contributed by atoms with E-state index in [1.807, 2.05) is 0 Å². The zero-order valence-corrected chi connectivity index (χ0v) is 43.2. The first-order valence-corrected chi connectivity index (χ1v) is 27.4. The molecule has 0 heterocycles. The lowest BCUT2D eigenvalue weighted by molar-refractivity contribution is -0.163. The van der Waals surface area contributed by atoms with Crippen LogP contribution >= 0.6 is 0 Å². The van der Waals surface area contributed by atoms with Crippen molar-refractivity contribution in [3.63, 3.8) is 0 Å². The summed E-state index contributed by atoms with van der Waals surface area (Å²) >= 11 is 0. The number of carbonyl (C=O) groups is 2. The molecule has 0 bridgehead atoms. The van der Waals surface area contributed by atoms with E-state index < -0.39 is 6.10 Å². The lowest BCUT2D eigenvalue weighted by Crippen LogP contribution is -2.30. The van der Waals surface area contributed by atoms with Gasteiger partial charge < -0.3 is 14.2 Å². The second kappa shape index (κ2) is 55.9. The van der Waals surface area contributed by atoms with Gasteiger partial charge in [0.05, 0.1) is 6.61 Å². The summed E-state index contributed by atoms with van der Waals surface area (Å²) in [6.45, 7) is 7.53. The Kier molecular flexibility index (Phi) is 53.0. The number of esters is 2. The molecule has 0 amide bonds. The zero-order valence-electron chi connectivity index (χ0n) is 43.2. The van der Waals surface area contributed by atoms with E-state index >= 15 is 0 Å². The maximum atomic E-state index is 12.8. The summed E-state index contributed by atoms with van der Waals surface area (Å²) in [4.78, 5) is 25.4. The van der Waals surface area contributed by atoms with Crippen LogP contribution in [0.15, 0.2) is 109 Å². The summed E-state index contributed by atoms with van der Waals surface area (Å²) in [7, 11) is 0. The molecule has 0 aromatic carbocycles. The Labute approximate surface area is 408 Å². The second-order valence-corrected chi connectivity index (χ2v) is 17.8. The number of hydrogen-bond acceptors (Lipinski definition) is 5. The van der Waals surface area contributed by atoms with E-state index in [9.17, 15) is 9.59 Å². The lowest BCUT2D eigenvalue weighted by Gasteiger charge is -2.18. The van der Waals surface area contributed by atoms with Crippen molar-refractivity contribution in [3.05, 3.63) is 109 Å². The van der Waals surface area contributed by atoms with Crippen LogP contribution in [0, 0.1) is 0 Å². The quantitative estimate of drug-likeness (QED) is 0.0346. The van der Waals surface area contributed by atoms with Gasteiger partial charge in [-0.25, -0.2) is 0 Å². The lowest BCUT2D eigenvalue weighted by atomic mass is 10.1. The molecule has 0 spiro atoms. The summed E-state index contributed by atoms with van der Waals surface area (Å²) in [5.74, 6) is -0.446. The van der Waals surface area contributed by atoms with Gasteiger partial charge in [0.2, 0.25) is 0 Å². The molecule has 0 aliphatic carbocycles. The summed E-state index contributed by atoms with van der Waals surface area (Å²) in [6.07, 6.45) is 76.8. The Balaban J connectivity index is 4.36. The van der Waals surface area contributed by atoms with Crippen molar-refractivity contribution in [1.82, 2.24) is 0 Å². The van der Waals surface area contributed by atoms with E-state index in [2.05, 4.69) is 130 Å². The van der Waals surface area contributed by atoms with Gasteiger partial charge in [0.15, 0.2) is 6.10 Å². The van der Waals surface area contributed by atoms with Crippen molar-refractivity contribution in [2.75, 3.05) is 19.8 Å². The van der Waals surface area contributed by atoms with Crippen molar-refractivity contribution in [1.29, 1.82) is 0 Å². The standard InChI is InChI=1S/C61H102O5/c1-4-7-10-13-16-19-22-24-26-28-30-32-34-36-38-41-44-47-50-53-56-64-57-59(66-61(63)55-52-49-46-43-39-21-18-15-12-9-6-3)58-65-60(62)54-51-48-45-42-40-37-35-33-31-29-27-25-23-20-17-14-11-8-5-2/h7,10,16-17,19-20,24-27,30-33,36,38,44,47,59H,4-6,8-9,11-15,18,21-23,28-29,34-35,37,39-43,45-46,48-58H2,1-3H3/b10-7-,19-16-,20-17-,26-24-,27-25-,32-30-,33-31-,38-36-,47-44-. The predicted octanol–water partition coefficient (Wildman–Crippen LogP) is 18.8. The fourth-order valence-corrected chi connectivity index (χ4v) is 7.24. The maximum absolute atomic E-state index is 12.8. The van der Waals surface area contributed by atoms with Crippen molar-refractivity contribution < 1.29 is 23.8 Å². The molecule has 1 atom stereocenters. The molecule has 0 fully saturated rings. The van der Waals surface area contributed by atoms with Gasteiger partial charge in [0.1, 0.15) is 6.61 Å². The van der Waals surface area contributed by atoms with Crippen molar-refractivity contribution in [2.24, 2.45) is 0 Å². The van der Waals surface area contributed by atoms with E-state index in [0.717, 1.165) is 109 Å². The van der Waals surface area contributed by atoms with Gasteiger partial charge in [0.25, 0.3) is 0 Å². The summed E-state index contributed by atoms with van der Waals surface area (Å²) in [5, 5.41) is 0. The molecule has 66 heavy (non-hydrogen) atoms. The average Bonchev–Trinajstić information content (AvgIpc) is 3.32. The molecular weight excluding hydrogens is 813 g/mol. The monoisotopic (exact) mass is 915 g/mol. The molecule has 5 heteroatoms.